The molecule has 0 bridgehead atoms. The van der Waals surface area contributed by atoms with Crippen LogP contribution in [0, 0.1) is 5.82 Å². The maximum atomic E-state index is 14.6. The quantitative estimate of drug-likeness (QED) is 0.483. The smallest absolute Gasteiger partial charge is 0.221 e. The Hall–Kier alpha value is -3.40. The molecule has 1 aromatic heterocycles. The monoisotopic (exact) mass is 372 g/mol. The molecule has 3 aromatic carbocycles. The molecule has 4 aromatic rings. The topological polar surface area (TPSA) is 44.9 Å². The number of rotatable bonds is 6. The number of hydrogen-bond donors (Lipinski definition) is 2. The number of aromatic nitrogens is 1. The van der Waals surface area contributed by atoms with Gasteiger partial charge in [-0.25, -0.2) is 4.39 Å². The minimum absolute atomic E-state index is 0.109. The molecule has 0 aliphatic rings. The summed E-state index contributed by atoms with van der Waals surface area (Å²) < 4.78 is 14.6. The molecule has 4 heteroatoms. The van der Waals surface area contributed by atoms with Crippen LogP contribution in [0.2, 0.25) is 0 Å². The number of hydrogen-bond acceptors (Lipinski definition) is 1. The highest BCUT2D eigenvalue weighted by Crippen LogP contribution is 2.34. The van der Waals surface area contributed by atoms with Gasteiger partial charge in [0, 0.05) is 36.0 Å². The molecule has 1 atom stereocenters. The van der Waals surface area contributed by atoms with Crippen LogP contribution in [-0.4, -0.2) is 10.9 Å². The average molecular weight is 372 g/mol. The second-order valence-electron chi connectivity index (χ2n) is 6.83. The maximum Gasteiger partial charge on any atom is 0.221 e. The number of fused-ring (bicyclic) bond motifs is 1. The van der Waals surface area contributed by atoms with E-state index in [0.29, 0.717) is 12.1 Å². The molecule has 0 aliphatic carbocycles. The first kappa shape index (κ1) is 18.0. The summed E-state index contributed by atoms with van der Waals surface area (Å²) in [5, 5.41) is 3.96. The lowest BCUT2D eigenvalue weighted by molar-refractivity contribution is -0.121. The van der Waals surface area contributed by atoms with Gasteiger partial charge in [-0.3, -0.25) is 4.79 Å². The van der Waals surface area contributed by atoms with E-state index in [4.69, 9.17) is 0 Å². The van der Waals surface area contributed by atoms with Gasteiger partial charge in [0.15, 0.2) is 0 Å². The van der Waals surface area contributed by atoms with Crippen LogP contribution in [0.25, 0.3) is 10.9 Å². The highest BCUT2D eigenvalue weighted by atomic mass is 19.1. The van der Waals surface area contributed by atoms with Crippen LogP contribution >= 0.6 is 0 Å². The highest BCUT2D eigenvalue weighted by molar-refractivity contribution is 5.86. The zero-order chi connectivity index (χ0) is 19.3. The molecule has 1 amide bonds. The molecular formula is C24H21FN2O. The molecule has 0 aliphatic heterocycles. The highest BCUT2D eigenvalue weighted by Gasteiger charge is 2.23. The standard InChI is InChI=1S/C24H21FN2O/c25-22-12-6-4-10-18(22)20(21-16-26-23-13-7-5-11-19(21)23)14-24(28)27-15-17-8-2-1-3-9-17/h1-13,16,20,26H,14-15H2,(H,27,28)/t20-/m0/s1. The van der Waals surface area contributed by atoms with Gasteiger partial charge in [0.05, 0.1) is 0 Å². The lowest BCUT2D eigenvalue weighted by Gasteiger charge is -2.18. The van der Waals surface area contributed by atoms with Crippen molar-refractivity contribution in [2.24, 2.45) is 0 Å². The van der Waals surface area contributed by atoms with Gasteiger partial charge in [0.2, 0.25) is 5.91 Å². The Balaban J connectivity index is 1.62. The van der Waals surface area contributed by atoms with E-state index in [0.717, 1.165) is 22.0 Å². The normalized spacial score (nSPS) is 12.0. The molecule has 0 spiro atoms. The van der Waals surface area contributed by atoms with Gasteiger partial charge in [-0.05, 0) is 28.8 Å². The number of para-hydroxylation sites is 1. The van der Waals surface area contributed by atoms with E-state index in [9.17, 15) is 9.18 Å². The third kappa shape index (κ3) is 3.81. The molecule has 3 nitrogen and oxygen atoms in total. The Morgan fingerprint density at radius 3 is 2.43 bits per heavy atom. The maximum absolute atomic E-state index is 14.6. The van der Waals surface area contributed by atoms with E-state index >= 15 is 0 Å². The summed E-state index contributed by atoms with van der Waals surface area (Å²) >= 11 is 0. The summed E-state index contributed by atoms with van der Waals surface area (Å²) in [5.74, 6) is -0.774. The van der Waals surface area contributed by atoms with Crippen molar-refractivity contribution < 1.29 is 9.18 Å². The molecule has 0 saturated carbocycles. The van der Waals surface area contributed by atoms with Crippen LogP contribution in [0.4, 0.5) is 4.39 Å². The van der Waals surface area contributed by atoms with Crippen LogP contribution in [0.1, 0.15) is 29.0 Å². The van der Waals surface area contributed by atoms with Crippen LogP contribution in [0.5, 0.6) is 0 Å². The molecule has 2 N–H and O–H groups in total. The Bertz CT molecular complexity index is 1090. The number of carbonyl (C=O) groups excluding carboxylic acids is 1. The summed E-state index contributed by atoms with van der Waals surface area (Å²) in [6, 6.07) is 24.3. The number of H-pyrrole nitrogens is 1. The Kier molecular flexibility index (Phi) is 5.20. The van der Waals surface area contributed by atoms with Gasteiger partial charge in [-0.1, -0.05) is 66.7 Å². The van der Waals surface area contributed by atoms with Crippen molar-refractivity contribution >= 4 is 16.8 Å². The van der Waals surface area contributed by atoms with Gasteiger partial charge in [-0.2, -0.15) is 0 Å². The lowest BCUT2D eigenvalue weighted by atomic mass is 9.87. The van der Waals surface area contributed by atoms with Gasteiger partial charge in [0.25, 0.3) is 0 Å². The van der Waals surface area contributed by atoms with Gasteiger partial charge in [0.1, 0.15) is 5.82 Å². The number of benzene rings is 3. The van der Waals surface area contributed by atoms with E-state index in [1.165, 1.54) is 6.07 Å². The second kappa shape index (κ2) is 8.09. The van der Waals surface area contributed by atoms with Gasteiger partial charge < -0.3 is 10.3 Å². The molecule has 1 heterocycles. The van der Waals surface area contributed by atoms with Crippen molar-refractivity contribution in [3.63, 3.8) is 0 Å². The minimum Gasteiger partial charge on any atom is -0.361 e. The zero-order valence-corrected chi connectivity index (χ0v) is 15.4. The fraction of sp³-hybridized carbons (Fsp3) is 0.125. The van der Waals surface area contributed by atoms with E-state index in [-0.39, 0.29) is 24.1 Å². The number of carbonyl (C=O) groups is 1. The van der Waals surface area contributed by atoms with Crippen molar-refractivity contribution in [3.8, 4) is 0 Å². The molecule has 0 fully saturated rings. The SMILES string of the molecule is O=C(C[C@@H](c1ccccc1F)c1c[nH]c2ccccc12)NCc1ccccc1. The Morgan fingerprint density at radius 2 is 1.61 bits per heavy atom. The largest absolute Gasteiger partial charge is 0.361 e. The lowest BCUT2D eigenvalue weighted by Crippen LogP contribution is -2.25. The number of amides is 1. The van der Waals surface area contributed by atoms with Gasteiger partial charge >= 0.3 is 0 Å². The predicted molar refractivity (Wildman–Crippen MR) is 109 cm³/mol. The number of nitrogens with one attached hydrogen (secondary N) is 2. The van der Waals surface area contributed by atoms with E-state index in [2.05, 4.69) is 10.3 Å². The fourth-order valence-corrected chi connectivity index (χ4v) is 3.58. The minimum atomic E-state index is -0.367. The van der Waals surface area contributed by atoms with Crippen molar-refractivity contribution in [1.82, 2.24) is 10.3 Å². The summed E-state index contributed by atoms with van der Waals surface area (Å²) in [6.45, 7) is 0.456. The third-order valence-electron chi connectivity index (χ3n) is 5.00. The second-order valence-corrected chi connectivity index (χ2v) is 6.83. The predicted octanol–water partition coefficient (Wildman–Crippen LogP) is 5.15. The summed E-state index contributed by atoms with van der Waals surface area (Å²) in [7, 11) is 0. The Morgan fingerprint density at radius 1 is 0.893 bits per heavy atom. The van der Waals surface area contributed by atoms with Crippen molar-refractivity contribution in [2.45, 2.75) is 18.9 Å². The first-order chi connectivity index (χ1) is 13.7. The third-order valence-corrected chi connectivity index (χ3v) is 5.00. The number of aromatic amines is 1. The zero-order valence-electron chi connectivity index (χ0n) is 15.4. The number of halogens is 1. The first-order valence-electron chi connectivity index (χ1n) is 9.33. The van der Waals surface area contributed by atoms with Crippen molar-refractivity contribution in [1.29, 1.82) is 0 Å². The van der Waals surface area contributed by atoms with Crippen molar-refractivity contribution in [2.75, 3.05) is 0 Å². The van der Waals surface area contributed by atoms with Crippen LogP contribution in [0.3, 0.4) is 0 Å². The molecule has 0 saturated heterocycles. The van der Waals surface area contributed by atoms with E-state index in [1.807, 2.05) is 66.9 Å². The molecule has 0 radical (unpaired) electrons. The van der Waals surface area contributed by atoms with E-state index in [1.54, 1.807) is 12.1 Å². The molecule has 28 heavy (non-hydrogen) atoms. The average Bonchev–Trinajstić information content (AvgIpc) is 3.16. The fourth-order valence-electron chi connectivity index (χ4n) is 3.58. The molecule has 4 rings (SSSR count). The summed E-state index contributed by atoms with van der Waals surface area (Å²) in [4.78, 5) is 15.9. The van der Waals surface area contributed by atoms with Crippen LogP contribution in [0.15, 0.2) is 85.1 Å². The first-order valence-corrected chi connectivity index (χ1v) is 9.33. The molecule has 0 unspecified atom stereocenters. The van der Waals surface area contributed by atoms with Gasteiger partial charge in [-0.15, -0.1) is 0 Å². The molecule has 140 valence electrons. The Labute approximate surface area is 163 Å². The van der Waals surface area contributed by atoms with Crippen molar-refractivity contribution in [3.05, 3.63) is 108 Å². The van der Waals surface area contributed by atoms with Crippen LogP contribution < -0.4 is 5.32 Å². The van der Waals surface area contributed by atoms with Crippen LogP contribution in [-0.2, 0) is 11.3 Å². The molecular weight excluding hydrogens is 351 g/mol. The van der Waals surface area contributed by atoms with E-state index < -0.39 is 0 Å². The summed E-state index contributed by atoms with van der Waals surface area (Å²) in [5.41, 5.74) is 3.46. The summed E-state index contributed by atoms with van der Waals surface area (Å²) in [6.07, 6.45) is 2.06.